The first-order chi connectivity index (χ1) is 10.8. The van der Waals surface area contributed by atoms with E-state index in [-0.39, 0.29) is 0 Å². The van der Waals surface area contributed by atoms with Gasteiger partial charge in [-0.3, -0.25) is 4.29 Å². The van der Waals surface area contributed by atoms with Crippen LogP contribution < -0.4 is 4.74 Å². The highest BCUT2D eigenvalue weighted by Gasteiger charge is 2.04. The molecule has 1 aromatic rings. The Morgan fingerprint density at radius 2 is 1.50 bits per heavy atom. The Kier molecular flexibility index (Phi) is 11.2. The first-order valence-electron chi connectivity index (χ1n) is 8.47. The summed E-state index contributed by atoms with van der Waals surface area (Å²) < 4.78 is 10.4. The van der Waals surface area contributed by atoms with Gasteiger partial charge in [-0.05, 0) is 50.0 Å². The number of benzene rings is 1. The van der Waals surface area contributed by atoms with Gasteiger partial charge in [-0.1, -0.05) is 38.8 Å². The number of unbranched alkanes of at least 4 members (excludes halogenated alkanes) is 2. The van der Waals surface area contributed by atoms with Gasteiger partial charge in [0.1, 0.15) is 5.75 Å². The fraction of sp³-hybridized carbons (Fsp3) is 0.667. The second kappa shape index (κ2) is 12.7. The Hall–Kier alpha value is -0.770. The fourth-order valence-corrected chi connectivity index (χ4v) is 2.45. The van der Waals surface area contributed by atoms with Gasteiger partial charge in [-0.15, -0.1) is 0 Å². The average Bonchev–Trinajstić information content (AvgIpc) is 2.55. The summed E-state index contributed by atoms with van der Waals surface area (Å²) >= 11 is 5.24. The Balaban J connectivity index is 2.23. The third-order valence-corrected chi connectivity index (χ3v) is 3.80. The minimum Gasteiger partial charge on any atom is -0.494 e. The topological polar surface area (TPSA) is 21.7 Å². The standard InChI is InChI=1S/C18H30ClNO2/c1-3-5-12-20(13-6-4-2)14-7-15-21-18-10-8-17(9-11-18)16-22-19/h8-11H,3-7,12-16H2,1-2H3. The largest absolute Gasteiger partial charge is 0.494 e. The maximum atomic E-state index is 5.80. The lowest BCUT2D eigenvalue weighted by molar-refractivity contribution is 0.229. The molecule has 0 fully saturated rings. The Labute approximate surface area is 140 Å². The Bertz CT molecular complexity index is 362. The summed E-state index contributed by atoms with van der Waals surface area (Å²) in [4.78, 5) is 2.57. The molecule has 0 N–H and O–H groups in total. The summed E-state index contributed by atoms with van der Waals surface area (Å²) in [6.45, 7) is 9.23. The van der Waals surface area contributed by atoms with E-state index < -0.39 is 0 Å². The zero-order valence-electron chi connectivity index (χ0n) is 14.0. The smallest absolute Gasteiger partial charge is 0.119 e. The van der Waals surface area contributed by atoms with Crippen molar-refractivity contribution in [2.75, 3.05) is 26.2 Å². The highest BCUT2D eigenvalue weighted by molar-refractivity contribution is 6.07. The molecule has 0 atom stereocenters. The average molecular weight is 328 g/mol. The molecule has 3 nitrogen and oxygen atoms in total. The van der Waals surface area contributed by atoms with Crippen molar-refractivity contribution in [3.63, 3.8) is 0 Å². The van der Waals surface area contributed by atoms with Gasteiger partial charge in [0.15, 0.2) is 0 Å². The van der Waals surface area contributed by atoms with Crippen molar-refractivity contribution >= 4 is 11.9 Å². The van der Waals surface area contributed by atoms with E-state index in [1.807, 2.05) is 24.3 Å². The summed E-state index contributed by atoms with van der Waals surface area (Å²) in [5.41, 5.74) is 1.05. The van der Waals surface area contributed by atoms with Crippen LogP contribution in [0.3, 0.4) is 0 Å². The number of nitrogens with zero attached hydrogens (tertiary/aromatic N) is 1. The van der Waals surface area contributed by atoms with E-state index >= 15 is 0 Å². The van der Waals surface area contributed by atoms with Crippen molar-refractivity contribution in [2.45, 2.75) is 52.6 Å². The van der Waals surface area contributed by atoms with Crippen LogP contribution in [0.5, 0.6) is 5.75 Å². The predicted molar refractivity (Wildman–Crippen MR) is 93.5 cm³/mol. The van der Waals surface area contributed by atoms with Crippen molar-refractivity contribution in [1.29, 1.82) is 0 Å². The van der Waals surface area contributed by atoms with Crippen LogP contribution in [-0.2, 0) is 10.9 Å². The molecule has 0 aromatic heterocycles. The lowest BCUT2D eigenvalue weighted by Crippen LogP contribution is -2.28. The molecule has 126 valence electrons. The summed E-state index contributed by atoms with van der Waals surface area (Å²) in [5.74, 6) is 0.909. The molecule has 22 heavy (non-hydrogen) atoms. The first-order valence-corrected chi connectivity index (χ1v) is 8.78. The minimum absolute atomic E-state index is 0.422. The quantitative estimate of drug-likeness (QED) is 0.474. The highest BCUT2D eigenvalue weighted by Crippen LogP contribution is 2.13. The lowest BCUT2D eigenvalue weighted by atomic mass is 10.2. The van der Waals surface area contributed by atoms with E-state index in [1.54, 1.807) is 0 Å². The first kappa shape index (κ1) is 19.3. The van der Waals surface area contributed by atoms with Crippen LogP contribution in [0.4, 0.5) is 0 Å². The fourth-order valence-electron chi connectivity index (χ4n) is 2.32. The van der Waals surface area contributed by atoms with E-state index in [9.17, 15) is 0 Å². The zero-order valence-corrected chi connectivity index (χ0v) is 14.8. The molecular formula is C18H30ClNO2. The molecule has 0 saturated carbocycles. The van der Waals surface area contributed by atoms with Crippen LogP contribution in [0.2, 0.25) is 0 Å². The Morgan fingerprint density at radius 3 is 2.05 bits per heavy atom. The third kappa shape index (κ3) is 8.62. The maximum Gasteiger partial charge on any atom is 0.119 e. The number of halogens is 1. The van der Waals surface area contributed by atoms with Crippen molar-refractivity contribution in [3.05, 3.63) is 29.8 Å². The van der Waals surface area contributed by atoms with Crippen LogP contribution in [0, 0.1) is 0 Å². The summed E-state index contributed by atoms with van der Waals surface area (Å²) in [6, 6.07) is 7.90. The van der Waals surface area contributed by atoms with E-state index in [2.05, 4.69) is 23.0 Å². The third-order valence-electron chi connectivity index (χ3n) is 3.69. The van der Waals surface area contributed by atoms with Gasteiger partial charge in [0, 0.05) is 6.54 Å². The van der Waals surface area contributed by atoms with Gasteiger partial charge < -0.3 is 9.64 Å². The summed E-state index contributed by atoms with van der Waals surface area (Å²) in [5, 5.41) is 0. The summed E-state index contributed by atoms with van der Waals surface area (Å²) in [6.07, 6.45) is 6.16. The molecule has 0 bridgehead atoms. The number of hydrogen-bond acceptors (Lipinski definition) is 3. The van der Waals surface area contributed by atoms with Gasteiger partial charge in [0.25, 0.3) is 0 Å². The molecule has 0 unspecified atom stereocenters. The number of hydrogen-bond donors (Lipinski definition) is 0. The SMILES string of the molecule is CCCCN(CCCC)CCCOc1ccc(COCl)cc1. The van der Waals surface area contributed by atoms with Crippen molar-refractivity contribution in [1.82, 2.24) is 4.90 Å². The summed E-state index contributed by atoms with van der Waals surface area (Å²) in [7, 11) is 0. The van der Waals surface area contributed by atoms with Crippen LogP contribution in [-0.4, -0.2) is 31.1 Å². The molecule has 4 heteroatoms. The van der Waals surface area contributed by atoms with E-state index in [4.69, 9.17) is 16.6 Å². The number of ether oxygens (including phenoxy) is 1. The van der Waals surface area contributed by atoms with Crippen LogP contribution >= 0.6 is 11.9 Å². The highest BCUT2D eigenvalue weighted by atomic mass is 35.5. The van der Waals surface area contributed by atoms with Gasteiger partial charge in [0.05, 0.1) is 25.1 Å². The molecule has 0 radical (unpaired) electrons. The Morgan fingerprint density at radius 1 is 0.909 bits per heavy atom. The number of rotatable bonds is 13. The van der Waals surface area contributed by atoms with Crippen LogP contribution in [0.15, 0.2) is 24.3 Å². The minimum atomic E-state index is 0.422. The molecule has 0 aliphatic heterocycles. The van der Waals surface area contributed by atoms with Crippen molar-refractivity contribution < 1.29 is 9.03 Å². The molecule has 0 saturated heterocycles. The zero-order chi connectivity index (χ0) is 16.0. The van der Waals surface area contributed by atoms with Gasteiger partial charge in [-0.25, -0.2) is 0 Å². The monoisotopic (exact) mass is 327 g/mol. The van der Waals surface area contributed by atoms with Crippen molar-refractivity contribution in [3.8, 4) is 5.75 Å². The van der Waals surface area contributed by atoms with E-state index in [1.165, 1.54) is 38.8 Å². The van der Waals surface area contributed by atoms with Crippen molar-refractivity contribution in [2.24, 2.45) is 0 Å². The second-order valence-electron chi connectivity index (χ2n) is 5.65. The second-order valence-corrected chi connectivity index (χ2v) is 5.87. The normalized spacial score (nSPS) is 11.1. The molecule has 0 aliphatic carbocycles. The van der Waals surface area contributed by atoms with E-state index in [0.717, 1.165) is 30.9 Å². The van der Waals surface area contributed by atoms with Gasteiger partial charge in [0.2, 0.25) is 0 Å². The van der Waals surface area contributed by atoms with Gasteiger partial charge in [-0.2, -0.15) is 0 Å². The molecule has 0 amide bonds. The van der Waals surface area contributed by atoms with Crippen LogP contribution in [0.25, 0.3) is 0 Å². The molecule has 0 spiro atoms. The molecule has 0 aliphatic rings. The molecular weight excluding hydrogens is 298 g/mol. The van der Waals surface area contributed by atoms with Gasteiger partial charge >= 0.3 is 0 Å². The maximum absolute atomic E-state index is 5.80. The van der Waals surface area contributed by atoms with E-state index in [0.29, 0.717) is 6.61 Å². The van der Waals surface area contributed by atoms with Crippen LogP contribution in [0.1, 0.15) is 51.5 Å². The molecule has 1 rings (SSSR count). The predicted octanol–water partition coefficient (Wildman–Crippen LogP) is 5.03. The molecule has 0 heterocycles. The lowest BCUT2D eigenvalue weighted by Gasteiger charge is -2.21. The molecule has 1 aromatic carbocycles.